The van der Waals surface area contributed by atoms with Crippen LogP contribution in [0.2, 0.25) is 0 Å². The average Bonchev–Trinajstić information content (AvgIpc) is 3.53. The van der Waals surface area contributed by atoms with Crippen LogP contribution in [0.3, 0.4) is 0 Å². The molecule has 2 aliphatic heterocycles. The number of alkyl halides is 6. The molecule has 4 heterocycles. The first-order valence-electron chi connectivity index (χ1n) is 14.6. The Morgan fingerprint density at radius 3 is 2.22 bits per heavy atom. The molecule has 2 aliphatic rings. The molecule has 0 amide bonds. The van der Waals surface area contributed by atoms with E-state index < -0.39 is 53.6 Å². The average molecular weight is 813 g/mol. The van der Waals surface area contributed by atoms with Crippen LogP contribution in [0.4, 0.5) is 49.9 Å². The molecule has 266 valence electrons. The maximum Gasteiger partial charge on any atom is 0.433 e. The molecule has 0 radical (unpaired) electrons. The fourth-order valence-corrected chi connectivity index (χ4v) is 20.5. The second kappa shape index (κ2) is 16.5. The summed E-state index contributed by atoms with van der Waals surface area (Å²) in [5.74, 6) is 1.56. The van der Waals surface area contributed by atoms with Crippen LogP contribution in [0.1, 0.15) is 42.2 Å². The van der Waals surface area contributed by atoms with Crippen LogP contribution in [0.25, 0.3) is 10.9 Å². The van der Waals surface area contributed by atoms with Gasteiger partial charge >= 0.3 is 151 Å². The van der Waals surface area contributed by atoms with Gasteiger partial charge in [0.25, 0.3) is 0 Å². The minimum absolute atomic E-state index is 0. The monoisotopic (exact) mass is 812 g/mol. The van der Waals surface area contributed by atoms with E-state index in [-0.39, 0.29) is 41.9 Å². The number of hydrogen-bond donors (Lipinski definition) is 6. The Hall–Kier alpha value is -2.73. The minimum Gasteiger partial charge on any atom is -0.387 e. The number of pyridine rings is 1. The van der Waals surface area contributed by atoms with E-state index in [9.17, 15) is 36.6 Å². The number of rotatable bonds is 6. The first kappa shape index (κ1) is 39.1. The van der Waals surface area contributed by atoms with Crippen molar-refractivity contribution in [2.45, 2.75) is 49.0 Å². The molecule has 0 aliphatic carbocycles. The first-order chi connectivity index (χ1) is 22.7. The number of benzene rings is 2. The molecule has 2 aromatic carbocycles. The van der Waals surface area contributed by atoms with Crippen LogP contribution >= 0.6 is 32.5 Å². The van der Waals surface area contributed by atoms with Crippen molar-refractivity contribution in [3.8, 4) is 0 Å². The molecule has 2 fully saturated rings. The summed E-state index contributed by atoms with van der Waals surface area (Å²) in [6.45, 7) is 0.857. The number of nitrogens with zero attached hydrogens (tertiary/aromatic N) is 4. The number of hydrogen-bond acceptors (Lipinski definition) is 12. The SMILES string of the molecule is Cl.Nc1nc(N)nc(Nc2ccc([As]3SCC(CO)S3)cc2)n1.O[C@@H](c1cc(C(F)(F)F)nc2c(C(F)(F)F)cccc12)[C@H]1CCCCN1. The summed E-state index contributed by atoms with van der Waals surface area (Å²) >= 11 is -1.14. The number of nitrogens with one attached hydrogen (secondary N) is 2. The molecule has 49 heavy (non-hydrogen) atoms. The van der Waals surface area contributed by atoms with Crippen molar-refractivity contribution in [1.82, 2.24) is 25.3 Å². The summed E-state index contributed by atoms with van der Waals surface area (Å²) < 4.78 is 80.7. The van der Waals surface area contributed by atoms with E-state index >= 15 is 0 Å². The third-order valence-electron chi connectivity index (χ3n) is 7.35. The van der Waals surface area contributed by atoms with Crippen molar-refractivity contribution in [3.05, 3.63) is 65.4 Å². The van der Waals surface area contributed by atoms with Crippen LogP contribution < -0.4 is 26.5 Å². The zero-order valence-electron chi connectivity index (χ0n) is 25.4. The van der Waals surface area contributed by atoms with Gasteiger partial charge in [0.2, 0.25) is 0 Å². The van der Waals surface area contributed by atoms with Gasteiger partial charge in [0, 0.05) is 11.4 Å². The van der Waals surface area contributed by atoms with Crippen LogP contribution in [-0.2, 0) is 12.4 Å². The minimum atomic E-state index is -4.93. The summed E-state index contributed by atoms with van der Waals surface area (Å²) in [6.07, 6.45) is -9.00. The third-order valence-corrected chi connectivity index (χ3v) is 21.3. The molecule has 2 unspecified atom stereocenters. The molecule has 10 nitrogen and oxygen atoms in total. The summed E-state index contributed by atoms with van der Waals surface area (Å²) in [5, 5.41) is 26.1. The van der Waals surface area contributed by atoms with Gasteiger partial charge in [0.1, 0.15) is 5.69 Å². The van der Waals surface area contributed by atoms with E-state index in [2.05, 4.69) is 42.7 Å². The van der Waals surface area contributed by atoms with Gasteiger partial charge in [0.15, 0.2) is 0 Å². The van der Waals surface area contributed by atoms with Crippen molar-refractivity contribution in [2.24, 2.45) is 0 Å². The third kappa shape index (κ3) is 9.95. The Morgan fingerprint density at radius 2 is 1.65 bits per heavy atom. The van der Waals surface area contributed by atoms with E-state index in [4.69, 9.17) is 11.5 Å². The van der Waals surface area contributed by atoms with Gasteiger partial charge < -0.3 is 10.4 Å². The summed E-state index contributed by atoms with van der Waals surface area (Å²) in [6, 6.07) is 11.4. The largest absolute Gasteiger partial charge is 0.433 e. The van der Waals surface area contributed by atoms with Crippen molar-refractivity contribution >= 4 is 83.6 Å². The predicted molar refractivity (Wildman–Crippen MR) is 184 cm³/mol. The Labute approximate surface area is 294 Å². The van der Waals surface area contributed by atoms with Gasteiger partial charge in [0.05, 0.1) is 17.2 Å². The normalized spacial score (nSPS) is 20.2. The van der Waals surface area contributed by atoms with Crippen LogP contribution in [0, 0.1) is 0 Å². The van der Waals surface area contributed by atoms with Gasteiger partial charge in [-0.15, -0.1) is 12.4 Å². The Bertz CT molecular complexity index is 1700. The Morgan fingerprint density at radius 1 is 0.959 bits per heavy atom. The summed E-state index contributed by atoms with van der Waals surface area (Å²) in [4.78, 5) is 14.9. The van der Waals surface area contributed by atoms with E-state index in [1.54, 1.807) is 0 Å². The van der Waals surface area contributed by atoms with Gasteiger partial charge in [-0.1, -0.05) is 18.6 Å². The molecule has 0 bridgehead atoms. The zero-order chi connectivity index (χ0) is 34.6. The van der Waals surface area contributed by atoms with E-state index in [0.717, 1.165) is 30.3 Å². The molecule has 2 aromatic heterocycles. The molecule has 20 heteroatoms. The number of anilines is 4. The fraction of sp³-hybridized carbons (Fsp3) is 0.379. The molecular weight excluding hydrogens is 781 g/mol. The number of aromatic nitrogens is 4. The fourth-order valence-electron chi connectivity index (χ4n) is 5.09. The molecule has 8 N–H and O–H groups in total. The summed E-state index contributed by atoms with van der Waals surface area (Å²) in [7, 11) is 3.95. The Kier molecular flexibility index (Phi) is 13.2. The van der Waals surface area contributed by atoms with Crippen molar-refractivity contribution in [3.63, 3.8) is 0 Å². The van der Waals surface area contributed by atoms with Crippen LogP contribution in [0.15, 0.2) is 48.5 Å². The smallest absolute Gasteiger partial charge is 0.387 e. The summed E-state index contributed by atoms with van der Waals surface area (Å²) in [5.41, 5.74) is 8.24. The van der Waals surface area contributed by atoms with Crippen LogP contribution in [-0.4, -0.2) is 72.7 Å². The molecule has 6 rings (SSSR count). The number of aliphatic hydroxyl groups excluding tert-OH is 2. The van der Waals surface area contributed by atoms with Gasteiger partial charge in [-0.3, -0.25) is 0 Å². The van der Waals surface area contributed by atoms with Gasteiger partial charge in [-0.25, -0.2) is 4.98 Å². The second-order valence-electron chi connectivity index (χ2n) is 10.8. The van der Waals surface area contributed by atoms with Crippen LogP contribution in [0.5, 0.6) is 0 Å². The maximum atomic E-state index is 13.2. The standard InChI is InChI=1S/C17H16F6N2O.C12H15AsN6OS2.ClH/c18-16(19,20)11-5-3-4-9-10(15(26)12-6-1-2-7-24-12)8-13(17(21,22)23)25-14(9)11;14-10-17-11(15)19-12(18-10)16-8-3-1-7(2-4-8)13-21-6-9(5-20)22-13;/h3-5,8,12,15,24,26H,1-2,6-7H2;1-4,9,20H,5-6H2,(H5,14,15,16,17,18,19);1H/t12-,15+;;/m1../s1. The number of nitrogens with two attached hydrogens (primary N) is 2. The van der Waals surface area contributed by atoms with Gasteiger partial charge in [-0.2, -0.15) is 26.3 Å². The molecule has 2 saturated heterocycles. The van der Waals surface area contributed by atoms with Crippen molar-refractivity contribution in [2.75, 3.05) is 35.7 Å². The maximum absolute atomic E-state index is 13.2. The van der Waals surface area contributed by atoms with Crippen molar-refractivity contribution < 1.29 is 36.6 Å². The first-order valence-corrected chi connectivity index (χ1v) is 21.9. The van der Waals surface area contributed by atoms with E-state index in [0.29, 0.717) is 36.3 Å². The number of halogens is 7. The second-order valence-corrected chi connectivity index (χ2v) is 22.4. The number of nitrogen functional groups attached to an aromatic ring is 2. The number of para-hydroxylation sites is 1. The number of fused-ring (bicyclic) bond motifs is 1. The van der Waals surface area contributed by atoms with Gasteiger partial charge in [-0.05, 0) is 37.1 Å². The number of piperidine rings is 1. The molecule has 0 spiro atoms. The Balaban J connectivity index is 0.000000219. The number of aliphatic hydroxyl groups is 2. The quantitative estimate of drug-likeness (QED) is 0.112. The topological polar surface area (TPSA) is 168 Å². The molecule has 4 atom stereocenters. The van der Waals surface area contributed by atoms with Crippen molar-refractivity contribution in [1.29, 1.82) is 0 Å². The van der Waals surface area contributed by atoms with E-state index in [1.165, 1.54) is 10.4 Å². The van der Waals surface area contributed by atoms with E-state index in [1.807, 2.05) is 32.2 Å². The molecular formula is C29H32AsClF6N8O2S2. The zero-order valence-corrected chi connectivity index (χ0v) is 29.7. The predicted octanol–water partition coefficient (Wildman–Crippen LogP) is 5.19. The molecule has 4 aromatic rings. The molecule has 0 saturated carbocycles.